The van der Waals surface area contributed by atoms with Crippen molar-refractivity contribution in [2.24, 2.45) is 0 Å². The van der Waals surface area contributed by atoms with Gasteiger partial charge in [0.15, 0.2) is 0 Å². The van der Waals surface area contributed by atoms with Crippen LogP contribution in [-0.2, 0) is 16.0 Å². The Morgan fingerprint density at radius 1 is 0.967 bits per heavy atom. The molecule has 0 aliphatic carbocycles. The van der Waals surface area contributed by atoms with Gasteiger partial charge in [0, 0.05) is 24.8 Å². The van der Waals surface area contributed by atoms with Gasteiger partial charge in [-0.2, -0.15) is 0 Å². The second-order valence-electron chi connectivity index (χ2n) is 8.14. The molecule has 0 atom stereocenters. The third-order valence-corrected chi connectivity index (χ3v) is 5.86. The number of H-pyrrole nitrogens is 1. The third-order valence-electron chi connectivity index (χ3n) is 5.86. The molecule has 1 aromatic carbocycles. The molecule has 3 heterocycles. The average Bonchev–Trinajstić information content (AvgIpc) is 3.21. The van der Waals surface area contributed by atoms with Crippen molar-refractivity contribution in [3.8, 4) is 5.69 Å². The van der Waals surface area contributed by atoms with Gasteiger partial charge in [-0.05, 0) is 51.7 Å². The molecule has 7 heteroatoms. The number of nitrogens with zero attached hydrogens (tertiary/aromatic N) is 3. The molecule has 4 rings (SSSR count). The fraction of sp³-hybridized carbons (Fsp3) is 0.435. The molecule has 0 saturated carbocycles. The van der Waals surface area contributed by atoms with E-state index in [9.17, 15) is 14.4 Å². The van der Waals surface area contributed by atoms with Gasteiger partial charge in [0.25, 0.3) is 17.4 Å². The summed E-state index contributed by atoms with van der Waals surface area (Å²) in [5.74, 6) is -0.664. The van der Waals surface area contributed by atoms with E-state index >= 15 is 0 Å². The molecule has 30 heavy (non-hydrogen) atoms. The van der Waals surface area contributed by atoms with Crippen molar-refractivity contribution < 1.29 is 9.59 Å². The highest BCUT2D eigenvalue weighted by Gasteiger charge is 2.45. The number of likely N-dealkylation sites (tertiary alicyclic amines) is 1. The number of piperidine rings is 1. The van der Waals surface area contributed by atoms with E-state index in [0.29, 0.717) is 29.1 Å². The van der Waals surface area contributed by atoms with E-state index in [1.807, 2.05) is 56.0 Å². The van der Waals surface area contributed by atoms with Crippen molar-refractivity contribution in [1.82, 2.24) is 19.6 Å². The van der Waals surface area contributed by atoms with Gasteiger partial charge in [0.2, 0.25) is 0 Å². The van der Waals surface area contributed by atoms with Crippen molar-refractivity contribution in [1.29, 1.82) is 0 Å². The Morgan fingerprint density at radius 2 is 1.63 bits per heavy atom. The van der Waals surface area contributed by atoms with Gasteiger partial charge in [-0.1, -0.05) is 25.1 Å². The highest BCUT2D eigenvalue weighted by Crippen LogP contribution is 2.34. The predicted octanol–water partition coefficient (Wildman–Crippen LogP) is 2.70. The molecule has 1 saturated heterocycles. The first-order valence-electron chi connectivity index (χ1n) is 10.7. The lowest BCUT2D eigenvalue weighted by atomic mass is 10.0. The lowest BCUT2D eigenvalue weighted by Gasteiger charge is -2.30. The summed E-state index contributed by atoms with van der Waals surface area (Å²) in [4.78, 5) is 43.5. The summed E-state index contributed by atoms with van der Waals surface area (Å²) in [6.45, 7) is 7.04. The van der Waals surface area contributed by atoms with Crippen LogP contribution < -0.4 is 5.56 Å². The number of aryl methyl sites for hydroxylation is 1. The van der Waals surface area contributed by atoms with Gasteiger partial charge >= 0.3 is 0 Å². The number of aromatic nitrogens is 2. The molecule has 1 N–H and O–H groups in total. The average molecular weight is 409 g/mol. The maximum Gasteiger partial charge on any atom is 0.279 e. The summed E-state index contributed by atoms with van der Waals surface area (Å²) in [7, 11) is 0. The first-order valence-corrected chi connectivity index (χ1v) is 10.7. The fourth-order valence-corrected chi connectivity index (χ4v) is 4.40. The standard InChI is InChI=1S/C23H28N4O3/c1-4-17-18(22(29)27(24-17)16-11-7-5-8-12-16)19-20(25-13-9-6-10-14-25)23(30)26(15(2)3)21(19)28/h5,7-8,11-12,15,24H,4,6,9-10,13-14H2,1-3H3. The maximum absolute atomic E-state index is 13.5. The van der Waals surface area contributed by atoms with Crippen molar-refractivity contribution in [2.75, 3.05) is 13.1 Å². The summed E-state index contributed by atoms with van der Waals surface area (Å²) in [6.07, 6.45) is 3.61. The van der Waals surface area contributed by atoms with Crippen LogP contribution in [0.25, 0.3) is 11.3 Å². The number of nitrogens with one attached hydrogen (secondary N) is 1. The minimum Gasteiger partial charge on any atom is -0.366 e. The number of rotatable bonds is 5. The number of carbonyl (C=O) groups is 2. The van der Waals surface area contributed by atoms with E-state index in [-0.39, 0.29) is 29.0 Å². The maximum atomic E-state index is 13.5. The Labute approximate surface area is 176 Å². The van der Waals surface area contributed by atoms with Crippen molar-refractivity contribution >= 4 is 17.4 Å². The van der Waals surface area contributed by atoms with Gasteiger partial charge < -0.3 is 4.90 Å². The Morgan fingerprint density at radius 3 is 2.23 bits per heavy atom. The highest BCUT2D eigenvalue weighted by molar-refractivity contribution is 6.35. The third kappa shape index (κ3) is 3.18. The molecule has 0 bridgehead atoms. The SMILES string of the molecule is CCc1[nH]n(-c2ccccc2)c(=O)c1C1=C(N2CCCCC2)C(=O)N(C(C)C)C1=O. The summed E-state index contributed by atoms with van der Waals surface area (Å²) in [6, 6.07) is 9.00. The lowest BCUT2D eigenvalue weighted by molar-refractivity contribution is -0.139. The van der Waals surface area contributed by atoms with Gasteiger partial charge in [-0.25, -0.2) is 4.68 Å². The zero-order valence-corrected chi connectivity index (χ0v) is 17.8. The van der Waals surface area contributed by atoms with Gasteiger partial charge in [-0.3, -0.25) is 24.4 Å². The van der Waals surface area contributed by atoms with Crippen molar-refractivity contribution in [3.05, 3.63) is 57.6 Å². The molecule has 1 fully saturated rings. The molecular formula is C23H28N4O3. The fourth-order valence-electron chi connectivity index (χ4n) is 4.40. The van der Waals surface area contributed by atoms with Gasteiger partial charge in [-0.15, -0.1) is 0 Å². The van der Waals surface area contributed by atoms with Crippen molar-refractivity contribution in [2.45, 2.75) is 52.5 Å². The topological polar surface area (TPSA) is 78.4 Å². The van der Waals surface area contributed by atoms with Crippen molar-refractivity contribution in [3.63, 3.8) is 0 Å². The number of benzene rings is 1. The Hall–Kier alpha value is -3.09. The number of amides is 2. The number of hydrogen-bond acceptors (Lipinski definition) is 4. The summed E-state index contributed by atoms with van der Waals surface area (Å²) >= 11 is 0. The second kappa shape index (κ2) is 7.97. The molecule has 2 aliphatic heterocycles. The predicted molar refractivity (Wildman–Crippen MR) is 115 cm³/mol. The quantitative estimate of drug-likeness (QED) is 0.772. The van der Waals surface area contributed by atoms with Crippen LogP contribution in [0.4, 0.5) is 0 Å². The number of para-hydroxylation sites is 1. The summed E-state index contributed by atoms with van der Waals surface area (Å²) < 4.78 is 1.46. The first kappa shape index (κ1) is 20.2. The number of hydrogen-bond donors (Lipinski definition) is 1. The van der Waals surface area contributed by atoms with Gasteiger partial charge in [0.1, 0.15) is 5.70 Å². The normalized spacial score (nSPS) is 17.6. The number of imide groups is 1. The molecule has 7 nitrogen and oxygen atoms in total. The molecule has 2 amide bonds. The van der Waals surface area contributed by atoms with E-state index in [4.69, 9.17) is 0 Å². The van der Waals surface area contributed by atoms with Crippen LogP contribution in [0, 0.1) is 0 Å². The first-order chi connectivity index (χ1) is 14.5. The second-order valence-corrected chi connectivity index (χ2v) is 8.14. The lowest BCUT2D eigenvalue weighted by Crippen LogP contribution is -2.40. The van der Waals surface area contributed by atoms with Crippen LogP contribution in [-0.4, -0.2) is 50.5 Å². The van der Waals surface area contributed by atoms with E-state index in [2.05, 4.69) is 5.10 Å². The number of aromatic amines is 1. The van der Waals surface area contributed by atoms with E-state index < -0.39 is 0 Å². The van der Waals surface area contributed by atoms with E-state index in [0.717, 1.165) is 32.4 Å². The molecule has 2 aliphatic rings. The van der Waals surface area contributed by atoms with Crippen LogP contribution in [0.3, 0.4) is 0 Å². The Balaban J connectivity index is 1.94. The van der Waals surface area contributed by atoms with Gasteiger partial charge in [0.05, 0.1) is 16.8 Å². The zero-order valence-electron chi connectivity index (χ0n) is 17.8. The molecule has 0 spiro atoms. The molecule has 1 aromatic heterocycles. The Bertz CT molecular complexity index is 1060. The van der Waals surface area contributed by atoms with E-state index in [1.54, 1.807) is 0 Å². The van der Waals surface area contributed by atoms with Crippen LogP contribution in [0.15, 0.2) is 40.8 Å². The molecule has 2 aromatic rings. The van der Waals surface area contributed by atoms with Crippen LogP contribution in [0.2, 0.25) is 0 Å². The van der Waals surface area contributed by atoms with Crippen LogP contribution in [0.5, 0.6) is 0 Å². The summed E-state index contributed by atoms with van der Waals surface area (Å²) in [5, 5.41) is 3.17. The smallest absolute Gasteiger partial charge is 0.279 e. The molecule has 0 unspecified atom stereocenters. The molecule has 158 valence electrons. The molecule has 0 radical (unpaired) electrons. The van der Waals surface area contributed by atoms with Crippen LogP contribution >= 0.6 is 0 Å². The highest BCUT2D eigenvalue weighted by atomic mass is 16.2. The minimum absolute atomic E-state index is 0.253. The Kier molecular flexibility index (Phi) is 5.37. The molecular weight excluding hydrogens is 380 g/mol. The zero-order chi connectivity index (χ0) is 21.4. The summed E-state index contributed by atoms with van der Waals surface area (Å²) in [5.41, 5.74) is 2.03. The number of carbonyl (C=O) groups excluding carboxylic acids is 2. The van der Waals surface area contributed by atoms with Crippen LogP contribution in [0.1, 0.15) is 51.3 Å². The minimum atomic E-state index is -0.374. The van der Waals surface area contributed by atoms with E-state index in [1.165, 1.54) is 9.58 Å². The monoisotopic (exact) mass is 408 g/mol. The largest absolute Gasteiger partial charge is 0.366 e.